The summed E-state index contributed by atoms with van der Waals surface area (Å²) >= 11 is 0. The van der Waals surface area contributed by atoms with Gasteiger partial charge in [0.1, 0.15) is 11.7 Å². The number of pyridine rings is 1. The summed E-state index contributed by atoms with van der Waals surface area (Å²) in [6.45, 7) is 3.41. The molecule has 2 saturated heterocycles. The maximum Gasteiger partial charge on any atom is 0.273 e. The molecule has 8 heteroatoms. The first-order chi connectivity index (χ1) is 21.9. The van der Waals surface area contributed by atoms with E-state index >= 15 is 0 Å². The molecule has 2 atom stereocenters. The second-order valence-corrected chi connectivity index (χ2v) is 11.6. The fraction of sp³-hybridized carbons (Fsp3) is 0.243. The fourth-order valence-electron chi connectivity index (χ4n) is 5.95. The van der Waals surface area contributed by atoms with Crippen LogP contribution in [-0.4, -0.2) is 52.8 Å². The molecule has 8 nitrogen and oxygen atoms in total. The summed E-state index contributed by atoms with van der Waals surface area (Å²) in [6.07, 6.45) is 8.88. The number of hydrogen-bond donors (Lipinski definition) is 3. The van der Waals surface area contributed by atoms with Crippen LogP contribution < -0.4 is 16.0 Å². The van der Waals surface area contributed by atoms with Gasteiger partial charge >= 0.3 is 0 Å². The van der Waals surface area contributed by atoms with Gasteiger partial charge in [-0.05, 0) is 86.2 Å². The Bertz CT molecular complexity index is 1710. The van der Waals surface area contributed by atoms with Crippen molar-refractivity contribution in [3.63, 3.8) is 0 Å². The number of anilines is 2. The predicted octanol–water partition coefficient (Wildman–Crippen LogP) is 6.16. The minimum absolute atomic E-state index is 0.00988. The van der Waals surface area contributed by atoms with Gasteiger partial charge < -0.3 is 20.9 Å². The van der Waals surface area contributed by atoms with Gasteiger partial charge in [0.25, 0.3) is 5.91 Å². The lowest BCUT2D eigenvalue weighted by molar-refractivity contribution is -0.120. The monoisotopic (exact) mass is 599 g/mol. The topological polar surface area (TPSA) is 103 Å². The summed E-state index contributed by atoms with van der Waals surface area (Å²) in [5.41, 5.74) is 6.59. The maximum atomic E-state index is 13.7. The fourth-order valence-corrected chi connectivity index (χ4v) is 5.95. The predicted molar refractivity (Wildman–Crippen MR) is 179 cm³/mol. The largest absolute Gasteiger partial charge is 0.325 e. The van der Waals surface area contributed by atoms with Crippen LogP contribution in [0.5, 0.6) is 0 Å². The standard InChI is InChI=1S/C37H37N5O3/c1-25-6-2-7-28(24-25)31-8-3-22-39-34(31)37(45)42-23-5-10-33(42)36(44)41-30-19-15-27(16-20-30)12-11-26-13-17-29(18-14-26)40-35(43)32-9-4-21-38-32/h2-3,6-8,11-20,22,24,32-33,38H,4-5,9-10,21,23H2,1H3,(H,40,43)(H,41,44)/b12-11+/t32-,33-/m0/s1. The quantitative estimate of drug-likeness (QED) is 0.211. The zero-order chi connectivity index (χ0) is 31.2. The Morgan fingerprint density at radius 2 is 1.51 bits per heavy atom. The summed E-state index contributed by atoms with van der Waals surface area (Å²) in [5.74, 6) is -0.421. The number of hydrogen-bond acceptors (Lipinski definition) is 5. The van der Waals surface area contributed by atoms with Crippen molar-refractivity contribution in [3.8, 4) is 11.1 Å². The highest BCUT2D eigenvalue weighted by molar-refractivity contribution is 6.03. The van der Waals surface area contributed by atoms with Crippen LogP contribution in [0, 0.1) is 6.92 Å². The lowest BCUT2D eigenvalue weighted by atomic mass is 10.0. The molecule has 45 heavy (non-hydrogen) atoms. The number of carbonyl (C=O) groups excluding carboxylic acids is 3. The van der Waals surface area contributed by atoms with Crippen molar-refractivity contribution < 1.29 is 14.4 Å². The number of amides is 3. The number of nitrogens with zero attached hydrogens (tertiary/aromatic N) is 2. The van der Waals surface area contributed by atoms with Crippen molar-refractivity contribution in [1.29, 1.82) is 0 Å². The molecule has 0 spiro atoms. The average molecular weight is 600 g/mol. The van der Waals surface area contributed by atoms with Gasteiger partial charge in [-0.3, -0.25) is 19.4 Å². The van der Waals surface area contributed by atoms with Crippen molar-refractivity contribution in [1.82, 2.24) is 15.2 Å². The van der Waals surface area contributed by atoms with Crippen LogP contribution in [-0.2, 0) is 9.59 Å². The smallest absolute Gasteiger partial charge is 0.273 e. The third-order valence-electron chi connectivity index (χ3n) is 8.36. The van der Waals surface area contributed by atoms with Crippen molar-refractivity contribution in [2.75, 3.05) is 23.7 Å². The van der Waals surface area contributed by atoms with Crippen LogP contribution >= 0.6 is 0 Å². The summed E-state index contributed by atoms with van der Waals surface area (Å²) in [4.78, 5) is 45.5. The van der Waals surface area contributed by atoms with Crippen molar-refractivity contribution >= 4 is 41.2 Å². The summed E-state index contributed by atoms with van der Waals surface area (Å²) in [7, 11) is 0. The maximum absolute atomic E-state index is 13.7. The lowest BCUT2D eigenvalue weighted by Gasteiger charge is -2.24. The number of rotatable bonds is 8. The van der Waals surface area contributed by atoms with Gasteiger partial charge in [0.15, 0.2) is 0 Å². The van der Waals surface area contributed by atoms with Crippen LogP contribution in [0.2, 0.25) is 0 Å². The van der Waals surface area contributed by atoms with Crippen molar-refractivity contribution in [2.24, 2.45) is 0 Å². The number of benzene rings is 3. The van der Waals surface area contributed by atoms with Gasteiger partial charge in [-0.25, -0.2) is 0 Å². The SMILES string of the molecule is Cc1cccc(-c2cccnc2C(=O)N2CCC[C@H]2C(=O)Nc2ccc(/C=C/c3ccc(NC(=O)[C@@H]4CCCN4)cc3)cc2)c1. The van der Waals surface area contributed by atoms with Crippen LogP contribution in [0.4, 0.5) is 11.4 Å². The minimum Gasteiger partial charge on any atom is -0.325 e. The van der Waals surface area contributed by atoms with Gasteiger partial charge in [-0.2, -0.15) is 0 Å². The molecule has 0 radical (unpaired) electrons. The molecule has 4 aromatic rings. The summed E-state index contributed by atoms with van der Waals surface area (Å²) in [6, 6.07) is 26.4. The minimum atomic E-state index is -0.563. The molecule has 2 fully saturated rings. The molecule has 0 unspecified atom stereocenters. The van der Waals surface area contributed by atoms with Crippen molar-refractivity contribution in [2.45, 2.75) is 44.7 Å². The number of aryl methyl sites for hydroxylation is 1. The lowest BCUT2D eigenvalue weighted by Crippen LogP contribution is -2.43. The van der Waals surface area contributed by atoms with E-state index in [4.69, 9.17) is 0 Å². The van der Waals surface area contributed by atoms with E-state index < -0.39 is 6.04 Å². The molecule has 3 N–H and O–H groups in total. The van der Waals surface area contributed by atoms with Crippen LogP contribution in [0.15, 0.2) is 91.1 Å². The molecule has 3 amide bonds. The van der Waals surface area contributed by atoms with E-state index in [1.165, 1.54) is 0 Å². The molecule has 0 aliphatic carbocycles. The van der Waals surface area contributed by atoms with E-state index in [0.29, 0.717) is 24.3 Å². The molecule has 3 heterocycles. The first-order valence-corrected chi connectivity index (χ1v) is 15.5. The van der Waals surface area contributed by atoms with E-state index in [-0.39, 0.29) is 23.8 Å². The number of aromatic nitrogens is 1. The van der Waals surface area contributed by atoms with Gasteiger partial charge in [0, 0.05) is 29.7 Å². The highest BCUT2D eigenvalue weighted by Gasteiger charge is 2.36. The van der Waals surface area contributed by atoms with E-state index in [1.54, 1.807) is 11.1 Å². The summed E-state index contributed by atoms with van der Waals surface area (Å²) < 4.78 is 0. The van der Waals surface area contributed by atoms with Gasteiger partial charge in [-0.1, -0.05) is 72.3 Å². The number of likely N-dealkylation sites (tertiary alicyclic amines) is 1. The van der Waals surface area contributed by atoms with E-state index in [9.17, 15) is 14.4 Å². The van der Waals surface area contributed by atoms with Gasteiger partial charge in [-0.15, -0.1) is 0 Å². The van der Waals surface area contributed by atoms with Crippen LogP contribution in [0.3, 0.4) is 0 Å². The highest BCUT2D eigenvalue weighted by atomic mass is 16.2. The van der Waals surface area contributed by atoms with Gasteiger partial charge in [0.2, 0.25) is 11.8 Å². The van der Waals surface area contributed by atoms with Crippen molar-refractivity contribution in [3.05, 3.63) is 114 Å². The number of carbonyl (C=O) groups is 3. The van der Waals surface area contributed by atoms with Gasteiger partial charge in [0.05, 0.1) is 6.04 Å². The second kappa shape index (κ2) is 13.7. The van der Waals surface area contributed by atoms with E-state index in [0.717, 1.165) is 59.3 Å². The number of nitrogens with one attached hydrogen (secondary N) is 3. The Hall–Kier alpha value is -5.08. The molecular weight excluding hydrogens is 562 g/mol. The second-order valence-electron chi connectivity index (χ2n) is 11.6. The third kappa shape index (κ3) is 7.19. The van der Waals surface area contributed by atoms with E-state index in [2.05, 4.69) is 20.9 Å². The Morgan fingerprint density at radius 3 is 2.16 bits per heavy atom. The van der Waals surface area contributed by atoms with E-state index in [1.807, 2.05) is 104 Å². The first-order valence-electron chi connectivity index (χ1n) is 15.5. The average Bonchev–Trinajstić information content (AvgIpc) is 3.79. The molecule has 0 saturated carbocycles. The zero-order valence-corrected chi connectivity index (χ0v) is 25.3. The third-order valence-corrected chi connectivity index (χ3v) is 8.36. The molecular formula is C37H37N5O3. The Balaban J connectivity index is 1.06. The van der Waals surface area contributed by atoms with Crippen LogP contribution in [0.1, 0.15) is 52.9 Å². The highest BCUT2D eigenvalue weighted by Crippen LogP contribution is 2.28. The Labute approximate surface area is 263 Å². The molecule has 1 aromatic heterocycles. The first kappa shape index (κ1) is 30.0. The molecule has 6 rings (SSSR count). The Morgan fingerprint density at radius 1 is 0.822 bits per heavy atom. The molecule has 2 aliphatic heterocycles. The molecule has 0 bridgehead atoms. The molecule has 228 valence electrons. The van der Waals surface area contributed by atoms with Crippen LogP contribution in [0.25, 0.3) is 23.3 Å². The zero-order valence-electron chi connectivity index (χ0n) is 25.3. The normalized spacial score (nSPS) is 17.8. The molecule has 3 aromatic carbocycles. The Kier molecular flexibility index (Phi) is 9.12. The molecule has 2 aliphatic rings. The summed E-state index contributed by atoms with van der Waals surface area (Å²) in [5, 5.41) is 9.18.